The molecule has 1 aromatic rings. The lowest BCUT2D eigenvalue weighted by Crippen LogP contribution is -2.24. The van der Waals surface area contributed by atoms with Crippen LogP contribution in [0, 0.1) is 6.92 Å². The molecule has 0 bridgehead atoms. The molecule has 0 radical (unpaired) electrons. The molecule has 1 aromatic carbocycles. The molecule has 1 rings (SSSR count). The fourth-order valence-corrected chi connectivity index (χ4v) is 2.74. The van der Waals surface area contributed by atoms with E-state index in [0.717, 1.165) is 24.8 Å². The number of sulfonamides is 1. The van der Waals surface area contributed by atoms with Crippen LogP contribution in [0.2, 0.25) is 0 Å². The van der Waals surface area contributed by atoms with Crippen LogP contribution in [-0.2, 0) is 10.0 Å². The molecule has 0 saturated heterocycles. The Morgan fingerprint density at radius 3 is 2.37 bits per heavy atom. The SMILES string of the molecule is CC(C)=CCCCCNS(=O)(=O)c1ccc(C)cc1. The maximum absolute atomic E-state index is 12.0. The summed E-state index contributed by atoms with van der Waals surface area (Å²) >= 11 is 0. The van der Waals surface area contributed by atoms with Gasteiger partial charge in [-0.05, 0) is 52.2 Å². The average Bonchev–Trinajstić information content (AvgIpc) is 2.34. The summed E-state index contributed by atoms with van der Waals surface area (Å²) in [5.74, 6) is 0. The van der Waals surface area contributed by atoms with Gasteiger partial charge < -0.3 is 0 Å². The molecule has 106 valence electrons. The third kappa shape index (κ3) is 6.03. The predicted octanol–water partition coefficient (Wildman–Crippen LogP) is 3.41. The third-order valence-corrected chi connectivity index (χ3v) is 4.28. The van der Waals surface area contributed by atoms with Crippen LogP contribution in [-0.4, -0.2) is 15.0 Å². The van der Waals surface area contributed by atoms with Gasteiger partial charge in [0.2, 0.25) is 10.0 Å². The highest BCUT2D eigenvalue weighted by molar-refractivity contribution is 7.89. The predicted molar refractivity (Wildman–Crippen MR) is 79.6 cm³/mol. The molecule has 0 amide bonds. The lowest BCUT2D eigenvalue weighted by atomic mass is 10.2. The van der Waals surface area contributed by atoms with Crippen molar-refractivity contribution in [3.63, 3.8) is 0 Å². The quantitative estimate of drug-likeness (QED) is 0.615. The summed E-state index contributed by atoms with van der Waals surface area (Å²) in [7, 11) is -3.35. The zero-order valence-corrected chi connectivity index (χ0v) is 12.8. The average molecular weight is 281 g/mol. The first-order valence-corrected chi connectivity index (χ1v) is 8.10. The molecule has 1 N–H and O–H groups in total. The van der Waals surface area contributed by atoms with E-state index in [1.165, 1.54) is 5.57 Å². The molecule has 0 aromatic heterocycles. The molecule has 4 heteroatoms. The van der Waals surface area contributed by atoms with Crippen molar-refractivity contribution >= 4 is 10.0 Å². The van der Waals surface area contributed by atoms with Crippen molar-refractivity contribution in [2.45, 2.75) is 44.9 Å². The van der Waals surface area contributed by atoms with Gasteiger partial charge in [-0.25, -0.2) is 13.1 Å². The molecule has 0 unspecified atom stereocenters. The molecule has 0 fully saturated rings. The Labute approximate surface area is 116 Å². The van der Waals surface area contributed by atoms with E-state index in [9.17, 15) is 8.42 Å². The van der Waals surface area contributed by atoms with Gasteiger partial charge in [0.05, 0.1) is 4.90 Å². The van der Waals surface area contributed by atoms with E-state index in [1.807, 2.05) is 19.1 Å². The molecule has 0 atom stereocenters. The summed E-state index contributed by atoms with van der Waals surface area (Å²) in [6.07, 6.45) is 5.04. The third-order valence-electron chi connectivity index (χ3n) is 2.81. The van der Waals surface area contributed by atoms with Crippen LogP contribution in [0.25, 0.3) is 0 Å². The number of benzene rings is 1. The highest BCUT2D eigenvalue weighted by Crippen LogP contribution is 2.10. The fourth-order valence-electron chi connectivity index (χ4n) is 1.67. The van der Waals surface area contributed by atoms with Crippen molar-refractivity contribution in [3.8, 4) is 0 Å². The smallest absolute Gasteiger partial charge is 0.211 e. The zero-order chi connectivity index (χ0) is 14.3. The van der Waals surface area contributed by atoms with Crippen molar-refractivity contribution in [2.24, 2.45) is 0 Å². The number of rotatable bonds is 7. The molecule has 3 nitrogen and oxygen atoms in total. The van der Waals surface area contributed by atoms with Crippen LogP contribution in [0.5, 0.6) is 0 Å². The monoisotopic (exact) mass is 281 g/mol. The molecule has 0 aliphatic carbocycles. The first-order valence-electron chi connectivity index (χ1n) is 6.61. The van der Waals surface area contributed by atoms with E-state index in [4.69, 9.17) is 0 Å². The van der Waals surface area contributed by atoms with Crippen molar-refractivity contribution in [1.82, 2.24) is 4.72 Å². The standard InChI is InChI=1S/C15H23NO2S/c1-13(2)7-5-4-6-12-16-19(17,18)15-10-8-14(3)9-11-15/h7-11,16H,4-6,12H2,1-3H3. The van der Waals surface area contributed by atoms with Crippen LogP contribution in [0.3, 0.4) is 0 Å². The number of nitrogens with one attached hydrogen (secondary N) is 1. The summed E-state index contributed by atoms with van der Waals surface area (Å²) in [4.78, 5) is 0.336. The molecular weight excluding hydrogens is 258 g/mol. The Bertz CT molecular complexity index is 512. The molecule has 0 aliphatic heterocycles. The minimum Gasteiger partial charge on any atom is -0.211 e. The molecular formula is C15H23NO2S. The Balaban J connectivity index is 2.39. The normalized spacial score (nSPS) is 11.3. The second-order valence-electron chi connectivity index (χ2n) is 4.99. The molecule has 0 spiro atoms. The number of allylic oxidation sites excluding steroid dienone is 2. The van der Waals surface area contributed by atoms with E-state index < -0.39 is 10.0 Å². The number of hydrogen-bond donors (Lipinski definition) is 1. The van der Waals surface area contributed by atoms with Crippen molar-refractivity contribution in [1.29, 1.82) is 0 Å². The summed E-state index contributed by atoms with van der Waals surface area (Å²) in [6.45, 7) is 6.57. The minimum absolute atomic E-state index is 0.336. The van der Waals surface area contributed by atoms with Gasteiger partial charge in [0.1, 0.15) is 0 Å². The largest absolute Gasteiger partial charge is 0.240 e. The van der Waals surface area contributed by atoms with E-state index in [2.05, 4.69) is 24.6 Å². The van der Waals surface area contributed by atoms with Gasteiger partial charge in [0, 0.05) is 6.54 Å². The molecule has 0 aliphatic rings. The topological polar surface area (TPSA) is 46.2 Å². The van der Waals surface area contributed by atoms with Crippen LogP contribution in [0.15, 0.2) is 40.8 Å². The zero-order valence-electron chi connectivity index (χ0n) is 11.9. The Kier molecular flexibility index (Phi) is 6.25. The van der Waals surface area contributed by atoms with Crippen LogP contribution in [0.1, 0.15) is 38.7 Å². The maximum Gasteiger partial charge on any atom is 0.240 e. The number of hydrogen-bond acceptors (Lipinski definition) is 2. The van der Waals surface area contributed by atoms with Crippen LogP contribution in [0.4, 0.5) is 0 Å². The van der Waals surface area contributed by atoms with Gasteiger partial charge >= 0.3 is 0 Å². The van der Waals surface area contributed by atoms with E-state index in [-0.39, 0.29) is 0 Å². The Hall–Kier alpha value is -1.13. The van der Waals surface area contributed by atoms with Gasteiger partial charge in [-0.3, -0.25) is 0 Å². The van der Waals surface area contributed by atoms with Gasteiger partial charge in [-0.1, -0.05) is 29.3 Å². The lowest BCUT2D eigenvalue weighted by Gasteiger charge is -2.06. The highest BCUT2D eigenvalue weighted by atomic mass is 32.2. The minimum atomic E-state index is -3.35. The van der Waals surface area contributed by atoms with Gasteiger partial charge in [-0.2, -0.15) is 0 Å². The molecule has 19 heavy (non-hydrogen) atoms. The maximum atomic E-state index is 12.0. The number of unbranched alkanes of at least 4 members (excludes halogenated alkanes) is 2. The number of aryl methyl sites for hydroxylation is 1. The first kappa shape index (κ1) is 15.9. The summed E-state index contributed by atoms with van der Waals surface area (Å²) in [6, 6.07) is 6.90. The van der Waals surface area contributed by atoms with E-state index in [0.29, 0.717) is 11.4 Å². The van der Waals surface area contributed by atoms with Crippen molar-refractivity contribution in [3.05, 3.63) is 41.5 Å². The Morgan fingerprint density at radius 1 is 1.16 bits per heavy atom. The van der Waals surface area contributed by atoms with Crippen molar-refractivity contribution in [2.75, 3.05) is 6.54 Å². The van der Waals surface area contributed by atoms with Gasteiger partial charge in [0.15, 0.2) is 0 Å². The van der Waals surface area contributed by atoms with E-state index >= 15 is 0 Å². The van der Waals surface area contributed by atoms with Crippen LogP contribution >= 0.6 is 0 Å². The van der Waals surface area contributed by atoms with Gasteiger partial charge in [-0.15, -0.1) is 0 Å². The second kappa shape index (κ2) is 7.46. The van der Waals surface area contributed by atoms with E-state index in [1.54, 1.807) is 12.1 Å². The van der Waals surface area contributed by atoms with Gasteiger partial charge in [0.25, 0.3) is 0 Å². The summed E-state index contributed by atoms with van der Waals surface area (Å²) in [5, 5.41) is 0. The Morgan fingerprint density at radius 2 is 1.79 bits per heavy atom. The summed E-state index contributed by atoms with van der Waals surface area (Å²) in [5.41, 5.74) is 2.36. The molecule has 0 heterocycles. The molecule has 0 saturated carbocycles. The second-order valence-corrected chi connectivity index (χ2v) is 6.76. The lowest BCUT2D eigenvalue weighted by molar-refractivity contribution is 0.577. The fraction of sp³-hybridized carbons (Fsp3) is 0.467. The first-order chi connectivity index (χ1) is 8.92. The highest BCUT2D eigenvalue weighted by Gasteiger charge is 2.12. The summed E-state index contributed by atoms with van der Waals surface area (Å²) < 4.78 is 26.6. The van der Waals surface area contributed by atoms with Crippen LogP contribution < -0.4 is 4.72 Å². The van der Waals surface area contributed by atoms with Crippen molar-refractivity contribution < 1.29 is 8.42 Å².